The topological polar surface area (TPSA) is 12.0 Å². The highest BCUT2D eigenvalue weighted by atomic mass is 35.5. The van der Waals surface area contributed by atoms with Crippen LogP contribution in [-0.4, -0.2) is 6.54 Å². The Morgan fingerprint density at radius 3 is 2.68 bits per heavy atom. The first-order chi connectivity index (χ1) is 9.06. The third-order valence-corrected chi connectivity index (χ3v) is 4.94. The van der Waals surface area contributed by atoms with Gasteiger partial charge in [-0.25, -0.2) is 0 Å². The average Bonchev–Trinajstić information content (AvgIpc) is 2.72. The maximum Gasteiger partial charge on any atom is 0.0453 e. The van der Waals surface area contributed by atoms with Crippen molar-refractivity contribution in [3.05, 3.63) is 34.9 Å². The first-order valence-electron chi connectivity index (χ1n) is 7.54. The van der Waals surface area contributed by atoms with E-state index in [2.05, 4.69) is 38.2 Å². The zero-order chi connectivity index (χ0) is 13.9. The molecule has 0 saturated heterocycles. The Kier molecular flexibility index (Phi) is 4.92. The van der Waals surface area contributed by atoms with Crippen LogP contribution in [0.1, 0.15) is 58.1 Å². The summed E-state index contributed by atoms with van der Waals surface area (Å²) in [5.41, 5.74) is 1.68. The summed E-state index contributed by atoms with van der Waals surface area (Å²) in [6.07, 6.45) is 5.13. The molecule has 0 amide bonds. The molecule has 1 fully saturated rings. The van der Waals surface area contributed by atoms with Crippen molar-refractivity contribution in [2.45, 2.75) is 52.5 Å². The van der Waals surface area contributed by atoms with Crippen LogP contribution in [0.15, 0.2) is 24.3 Å². The average molecular weight is 280 g/mol. The fourth-order valence-electron chi connectivity index (χ4n) is 3.47. The molecule has 1 aromatic carbocycles. The maximum absolute atomic E-state index is 6.43. The van der Waals surface area contributed by atoms with Gasteiger partial charge in [-0.1, -0.05) is 57.0 Å². The van der Waals surface area contributed by atoms with E-state index in [1.807, 2.05) is 12.1 Å². The molecule has 0 heterocycles. The van der Waals surface area contributed by atoms with Gasteiger partial charge in [0, 0.05) is 11.1 Å². The monoisotopic (exact) mass is 279 g/mol. The fourth-order valence-corrected chi connectivity index (χ4v) is 3.72. The fraction of sp³-hybridized carbons (Fsp3) is 0.647. The van der Waals surface area contributed by atoms with Crippen LogP contribution >= 0.6 is 11.6 Å². The third-order valence-electron chi connectivity index (χ3n) is 4.60. The molecule has 0 aliphatic heterocycles. The second-order valence-electron chi connectivity index (χ2n) is 6.44. The van der Waals surface area contributed by atoms with Gasteiger partial charge in [-0.05, 0) is 48.8 Å². The molecule has 1 N–H and O–H groups in total. The minimum absolute atomic E-state index is 0.395. The number of rotatable bonds is 5. The van der Waals surface area contributed by atoms with Crippen LogP contribution in [0.4, 0.5) is 0 Å². The largest absolute Gasteiger partial charge is 0.310 e. The Hall–Kier alpha value is -0.530. The lowest BCUT2D eigenvalue weighted by Crippen LogP contribution is -2.34. The standard InChI is InChI=1S/C17H26ClN/c1-4-12-19-16(13-8-5-6-10-15(13)18)14-9-7-11-17(14,2)3/h5-6,8,10,14,16,19H,4,7,9,11-12H2,1-3H3. The summed E-state index contributed by atoms with van der Waals surface area (Å²) in [6.45, 7) is 8.09. The van der Waals surface area contributed by atoms with Crippen molar-refractivity contribution in [1.82, 2.24) is 5.32 Å². The summed E-state index contributed by atoms with van der Waals surface area (Å²) in [7, 11) is 0. The summed E-state index contributed by atoms with van der Waals surface area (Å²) >= 11 is 6.43. The predicted molar refractivity (Wildman–Crippen MR) is 83.6 cm³/mol. The van der Waals surface area contributed by atoms with Crippen LogP contribution in [0.3, 0.4) is 0 Å². The van der Waals surface area contributed by atoms with E-state index in [0.717, 1.165) is 18.0 Å². The van der Waals surface area contributed by atoms with Gasteiger partial charge in [-0.15, -0.1) is 0 Å². The molecule has 0 bridgehead atoms. The Balaban J connectivity index is 2.28. The molecule has 0 aromatic heterocycles. The lowest BCUT2D eigenvalue weighted by Gasteiger charge is -2.35. The molecule has 1 aliphatic rings. The van der Waals surface area contributed by atoms with Crippen LogP contribution in [0.5, 0.6) is 0 Å². The number of hydrogen-bond acceptors (Lipinski definition) is 1. The summed E-state index contributed by atoms with van der Waals surface area (Å²) in [5, 5.41) is 4.64. The minimum atomic E-state index is 0.395. The van der Waals surface area contributed by atoms with Crippen LogP contribution in [-0.2, 0) is 0 Å². The van der Waals surface area contributed by atoms with E-state index in [-0.39, 0.29) is 0 Å². The molecule has 2 atom stereocenters. The van der Waals surface area contributed by atoms with Crippen molar-refractivity contribution in [2.75, 3.05) is 6.54 Å². The normalized spacial score (nSPS) is 23.5. The van der Waals surface area contributed by atoms with Gasteiger partial charge < -0.3 is 5.32 Å². The van der Waals surface area contributed by atoms with E-state index in [1.54, 1.807) is 0 Å². The summed E-state index contributed by atoms with van der Waals surface area (Å²) in [6, 6.07) is 8.71. The number of hydrogen-bond donors (Lipinski definition) is 1. The highest BCUT2D eigenvalue weighted by Crippen LogP contribution is 2.49. The number of halogens is 1. The van der Waals surface area contributed by atoms with E-state index in [1.165, 1.54) is 24.8 Å². The molecule has 1 aliphatic carbocycles. The number of benzene rings is 1. The van der Waals surface area contributed by atoms with Gasteiger partial charge in [-0.2, -0.15) is 0 Å². The molecule has 2 unspecified atom stereocenters. The minimum Gasteiger partial charge on any atom is -0.310 e. The van der Waals surface area contributed by atoms with Crippen molar-refractivity contribution in [3.8, 4) is 0 Å². The van der Waals surface area contributed by atoms with Crippen molar-refractivity contribution >= 4 is 11.6 Å². The molecule has 2 heteroatoms. The lowest BCUT2D eigenvalue weighted by atomic mass is 9.75. The van der Waals surface area contributed by atoms with Crippen LogP contribution < -0.4 is 5.32 Å². The van der Waals surface area contributed by atoms with Gasteiger partial charge >= 0.3 is 0 Å². The van der Waals surface area contributed by atoms with E-state index in [9.17, 15) is 0 Å². The Morgan fingerprint density at radius 2 is 2.11 bits per heavy atom. The molecule has 0 spiro atoms. The quantitative estimate of drug-likeness (QED) is 0.780. The van der Waals surface area contributed by atoms with E-state index in [0.29, 0.717) is 17.4 Å². The first kappa shape index (κ1) is 14.9. The Labute approximate surface area is 122 Å². The summed E-state index contributed by atoms with van der Waals surface area (Å²) < 4.78 is 0. The van der Waals surface area contributed by atoms with Crippen molar-refractivity contribution in [3.63, 3.8) is 0 Å². The molecular formula is C17H26ClN. The van der Waals surface area contributed by atoms with Crippen molar-refractivity contribution < 1.29 is 0 Å². The maximum atomic E-state index is 6.43. The van der Waals surface area contributed by atoms with Crippen molar-refractivity contribution in [1.29, 1.82) is 0 Å². The molecule has 0 radical (unpaired) electrons. The second kappa shape index (κ2) is 6.28. The second-order valence-corrected chi connectivity index (χ2v) is 6.85. The van der Waals surface area contributed by atoms with Crippen LogP contribution in [0.25, 0.3) is 0 Å². The molecule has 2 rings (SSSR count). The van der Waals surface area contributed by atoms with Gasteiger partial charge in [0.25, 0.3) is 0 Å². The van der Waals surface area contributed by atoms with Crippen molar-refractivity contribution in [2.24, 2.45) is 11.3 Å². The Bertz CT molecular complexity index is 413. The van der Waals surface area contributed by atoms with Gasteiger partial charge in [0.1, 0.15) is 0 Å². The lowest BCUT2D eigenvalue weighted by molar-refractivity contribution is 0.198. The molecule has 1 aromatic rings. The molecule has 1 nitrogen and oxygen atoms in total. The molecule has 1 saturated carbocycles. The van der Waals surface area contributed by atoms with Crippen LogP contribution in [0, 0.1) is 11.3 Å². The van der Waals surface area contributed by atoms with E-state index in [4.69, 9.17) is 11.6 Å². The zero-order valence-electron chi connectivity index (χ0n) is 12.4. The van der Waals surface area contributed by atoms with Crippen LogP contribution in [0.2, 0.25) is 5.02 Å². The predicted octanol–water partition coefficient (Wildman–Crippen LogP) is 5.21. The SMILES string of the molecule is CCCNC(c1ccccc1Cl)C1CCCC1(C)C. The van der Waals surface area contributed by atoms with Gasteiger partial charge in [0.15, 0.2) is 0 Å². The highest BCUT2D eigenvalue weighted by molar-refractivity contribution is 6.31. The van der Waals surface area contributed by atoms with E-state index < -0.39 is 0 Å². The van der Waals surface area contributed by atoms with Gasteiger partial charge in [0.2, 0.25) is 0 Å². The van der Waals surface area contributed by atoms with Gasteiger partial charge in [0.05, 0.1) is 0 Å². The summed E-state index contributed by atoms with van der Waals surface area (Å²) in [5.74, 6) is 0.680. The molecule has 106 valence electrons. The van der Waals surface area contributed by atoms with Gasteiger partial charge in [-0.3, -0.25) is 0 Å². The van der Waals surface area contributed by atoms with E-state index >= 15 is 0 Å². The molecular weight excluding hydrogens is 254 g/mol. The smallest absolute Gasteiger partial charge is 0.0453 e. The first-order valence-corrected chi connectivity index (χ1v) is 7.92. The zero-order valence-corrected chi connectivity index (χ0v) is 13.1. The third kappa shape index (κ3) is 3.32. The summed E-state index contributed by atoms with van der Waals surface area (Å²) in [4.78, 5) is 0. The Morgan fingerprint density at radius 1 is 1.37 bits per heavy atom. The molecule has 19 heavy (non-hydrogen) atoms. The number of nitrogens with one attached hydrogen (secondary N) is 1. The highest BCUT2D eigenvalue weighted by Gasteiger charge is 2.40.